The molecule has 0 spiro atoms. The number of carbonyl (C=O) groups excluding carboxylic acids is 1. The lowest BCUT2D eigenvalue weighted by Gasteiger charge is -2.24. The van der Waals surface area contributed by atoms with E-state index in [4.69, 9.17) is 14.5 Å². The van der Waals surface area contributed by atoms with Crippen LogP contribution in [-0.2, 0) is 30.7 Å². The third-order valence-corrected chi connectivity index (χ3v) is 9.01. The minimum atomic E-state index is -0.433. The third-order valence-electron chi connectivity index (χ3n) is 9.01. The van der Waals surface area contributed by atoms with Gasteiger partial charge in [0.1, 0.15) is 17.3 Å². The Morgan fingerprint density at radius 1 is 0.978 bits per heavy atom. The van der Waals surface area contributed by atoms with Gasteiger partial charge in [0.2, 0.25) is 0 Å². The Bertz CT molecular complexity index is 2240. The van der Waals surface area contributed by atoms with Gasteiger partial charge in [0.15, 0.2) is 12.4 Å². The van der Waals surface area contributed by atoms with Crippen molar-refractivity contribution in [2.24, 2.45) is 21.1 Å². The topological polar surface area (TPSA) is 110 Å². The summed E-state index contributed by atoms with van der Waals surface area (Å²) < 4.78 is 34.6. The Morgan fingerprint density at radius 2 is 1.80 bits per heavy atom. The molecule has 0 bridgehead atoms. The van der Waals surface area contributed by atoms with Crippen molar-refractivity contribution in [2.45, 2.75) is 18.8 Å². The number of aryl methyl sites for hydroxylation is 3. The second-order valence-corrected chi connectivity index (χ2v) is 11.7. The number of amides is 1. The number of benzene rings is 3. The molecule has 2 aliphatic rings. The van der Waals surface area contributed by atoms with Gasteiger partial charge in [-0.25, -0.2) is 19.2 Å². The van der Waals surface area contributed by atoms with Gasteiger partial charge < -0.3 is 19.4 Å². The summed E-state index contributed by atoms with van der Waals surface area (Å²) in [6.07, 6.45) is 5.12. The fraction of sp³-hybridized carbons (Fsp3) is 0.273. The quantitative estimate of drug-likeness (QED) is 0.313. The lowest BCUT2D eigenvalue weighted by atomic mass is 9.90. The van der Waals surface area contributed by atoms with E-state index in [-0.39, 0.29) is 24.1 Å². The maximum atomic E-state index is 16.1. The molecule has 1 amide bonds. The highest BCUT2D eigenvalue weighted by molar-refractivity contribution is 5.96. The summed E-state index contributed by atoms with van der Waals surface area (Å²) in [7, 11) is 5.47. The molecule has 0 unspecified atom stereocenters. The standard InChI is InChI=1S/C33H30FN7O4/c1-38-17-35-15-28(38)32-37-25-13-21(19-4-5-24-29(10-19)45-16-30(42)36-24)23(34)14-26(25)41(32)20-11-22(18-6-8-44-9-7-18)31-27(12-20)39(2)33(43)40(31)3/h4-5,10-15,17-18H,6-9,16H2,1-3H3,(H,36,42). The molecule has 2 aliphatic heterocycles. The average molecular weight is 608 g/mol. The van der Waals surface area contributed by atoms with Gasteiger partial charge in [-0.3, -0.25) is 18.5 Å². The molecule has 0 radical (unpaired) electrons. The van der Waals surface area contributed by atoms with E-state index in [2.05, 4.69) is 16.4 Å². The van der Waals surface area contributed by atoms with Crippen molar-refractivity contribution in [1.29, 1.82) is 0 Å². The summed E-state index contributed by atoms with van der Waals surface area (Å²) >= 11 is 0. The van der Waals surface area contributed by atoms with Crippen LogP contribution in [0.25, 0.3) is 50.4 Å². The van der Waals surface area contributed by atoms with E-state index >= 15 is 4.39 Å². The summed E-state index contributed by atoms with van der Waals surface area (Å²) in [6, 6.07) is 12.5. The zero-order chi connectivity index (χ0) is 31.0. The second kappa shape index (κ2) is 10.2. The first kappa shape index (κ1) is 27.3. The first-order valence-electron chi connectivity index (χ1n) is 14.8. The molecule has 12 heteroatoms. The van der Waals surface area contributed by atoms with Gasteiger partial charge in [0, 0.05) is 46.0 Å². The first-order chi connectivity index (χ1) is 21.8. The van der Waals surface area contributed by atoms with Gasteiger partial charge in [-0.15, -0.1) is 0 Å². The fourth-order valence-electron chi connectivity index (χ4n) is 6.69. The molecule has 0 aliphatic carbocycles. The van der Waals surface area contributed by atoms with Crippen LogP contribution >= 0.6 is 0 Å². The maximum Gasteiger partial charge on any atom is 0.328 e. The van der Waals surface area contributed by atoms with E-state index in [1.165, 1.54) is 6.07 Å². The van der Waals surface area contributed by atoms with Crippen LogP contribution in [0.2, 0.25) is 0 Å². The largest absolute Gasteiger partial charge is 0.482 e. The highest BCUT2D eigenvalue weighted by atomic mass is 19.1. The number of nitrogens with zero attached hydrogens (tertiary/aromatic N) is 6. The summed E-state index contributed by atoms with van der Waals surface area (Å²) in [5.41, 5.74) is 6.82. The number of rotatable bonds is 4. The van der Waals surface area contributed by atoms with Crippen LogP contribution in [0.5, 0.6) is 5.75 Å². The summed E-state index contributed by atoms with van der Waals surface area (Å²) in [4.78, 5) is 34.3. The third kappa shape index (κ3) is 4.27. The molecule has 45 heavy (non-hydrogen) atoms. The number of nitrogens with one attached hydrogen (secondary N) is 1. The molecule has 3 aromatic carbocycles. The van der Waals surface area contributed by atoms with E-state index in [1.54, 1.807) is 60.0 Å². The van der Waals surface area contributed by atoms with Crippen molar-refractivity contribution in [2.75, 3.05) is 25.1 Å². The Morgan fingerprint density at radius 3 is 2.58 bits per heavy atom. The van der Waals surface area contributed by atoms with E-state index in [0.717, 1.165) is 40.8 Å². The molecule has 3 aromatic heterocycles. The molecule has 8 rings (SSSR count). The SMILES string of the molecule is Cn1cncc1-c1nc2cc(-c3ccc4c(c3)OCC(=O)N4)c(F)cc2n1-c1cc(C2CCOCC2)c2c(c1)n(C)c(=O)n2C. The summed E-state index contributed by atoms with van der Waals surface area (Å²) in [5.74, 6) is 0.609. The van der Waals surface area contributed by atoms with Crippen molar-refractivity contribution in [1.82, 2.24) is 28.2 Å². The van der Waals surface area contributed by atoms with Crippen LogP contribution in [0.15, 0.2) is 59.8 Å². The van der Waals surface area contributed by atoms with Gasteiger partial charge in [-0.05, 0) is 60.2 Å². The van der Waals surface area contributed by atoms with Crippen molar-refractivity contribution < 1.29 is 18.7 Å². The molecule has 1 saturated heterocycles. The predicted molar refractivity (Wildman–Crippen MR) is 167 cm³/mol. The molecule has 5 heterocycles. The van der Waals surface area contributed by atoms with E-state index < -0.39 is 5.82 Å². The van der Waals surface area contributed by atoms with E-state index in [9.17, 15) is 9.59 Å². The zero-order valence-corrected chi connectivity index (χ0v) is 25.0. The smallest absolute Gasteiger partial charge is 0.328 e. The predicted octanol–water partition coefficient (Wildman–Crippen LogP) is 4.65. The molecule has 228 valence electrons. The van der Waals surface area contributed by atoms with Crippen LogP contribution in [0.1, 0.15) is 24.3 Å². The minimum absolute atomic E-state index is 0.0936. The number of aromatic nitrogens is 6. The van der Waals surface area contributed by atoms with Gasteiger partial charge in [-0.2, -0.15) is 0 Å². The van der Waals surface area contributed by atoms with Crippen LogP contribution in [0.3, 0.4) is 0 Å². The molecule has 1 fully saturated rings. The van der Waals surface area contributed by atoms with Crippen LogP contribution < -0.4 is 15.7 Å². The number of carbonyl (C=O) groups is 1. The van der Waals surface area contributed by atoms with E-state index in [0.29, 0.717) is 52.6 Å². The van der Waals surface area contributed by atoms with Crippen molar-refractivity contribution in [3.05, 3.63) is 76.9 Å². The second-order valence-electron chi connectivity index (χ2n) is 11.7. The van der Waals surface area contributed by atoms with Crippen LogP contribution in [-0.4, -0.2) is 54.0 Å². The summed E-state index contributed by atoms with van der Waals surface area (Å²) in [5, 5.41) is 2.77. The number of imidazole rings is 3. The van der Waals surface area contributed by atoms with Crippen molar-refractivity contribution in [3.63, 3.8) is 0 Å². The highest BCUT2D eigenvalue weighted by Gasteiger charge is 2.26. The lowest BCUT2D eigenvalue weighted by Crippen LogP contribution is -2.25. The zero-order valence-electron chi connectivity index (χ0n) is 25.0. The number of fused-ring (bicyclic) bond motifs is 3. The van der Waals surface area contributed by atoms with Gasteiger partial charge in [0.25, 0.3) is 5.91 Å². The fourth-order valence-corrected chi connectivity index (χ4v) is 6.69. The molecule has 0 saturated carbocycles. The molecular weight excluding hydrogens is 577 g/mol. The minimum Gasteiger partial charge on any atom is -0.482 e. The maximum absolute atomic E-state index is 16.1. The van der Waals surface area contributed by atoms with Crippen molar-refractivity contribution in [3.8, 4) is 34.1 Å². The Labute approximate surface area is 256 Å². The van der Waals surface area contributed by atoms with Gasteiger partial charge >= 0.3 is 5.69 Å². The molecule has 0 atom stereocenters. The molecule has 6 aromatic rings. The molecule has 1 N–H and O–H groups in total. The monoisotopic (exact) mass is 607 g/mol. The Hall–Kier alpha value is -5.23. The normalized spacial score (nSPS) is 15.4. The summed E-state index contributed by atoms with van der Waals surface area (Å²) in [6.45, 7) is 1.21. The number of hydrogen-bond donors (Lipinski definition) is 1. The van der Waals surface area contributed by atoms with Crippen molar-refractivity contribution >= 4 is 33.7 Å². The number of halogens is 1. The average Bonchev–Trinajstić information content (AvgIpc) is 3.70. The Balaban J connectivity index is 1.37. The van der Waals surface area contributed by atoms with Gasteiger partial charge in [0.05, 0.1) is 46.0 Å². The molecule has 11 nitrogen and oxygen atoms in total. The Kier molecular flexibility index (Phi) is 6.17. The highest BCUT2D eigenvalue weighted by Crippen LogP contribution is 2.39. The first-order valence-corrected chi connectivity index (χ1v) is 14.8. The van der Waals surface area contributed by atoms with Crippen LogP contribution in [0, 0.1) is 5.82 Å². The van der Waals surface area contributed by atoms with Gasteiger partial charge in [-0.1, -0.05) is 6.07 Å². The number of anilines is 1. The number of hydrogen-bond acceptors (Lipinski definition) is 6. The number of ether oxygens (including phenoxy) is 2. The van der Waals surface area contributed by atoms with E-state index in [1.807, 2.05) is 22.2 Å². The molecular formula is C33H30FN7O4. The lowest BCUT2D eigenvalue weighted by molar-refractivity contribution is -0.118. The van der Waals surface area contributed by atoms with Crippen LogP contribution in [0.4, 0.5) is 10.1 Å².